The fourth-order valence-corrected chi connectivity index (χ4v) is 3.59. The average Bonchev–Trinajstić information content (AvgIpc) is 2.88. The molecule has 1 heterocycles. The van der Waals surface area contributed by atoms with Crippen LogP contribution in [0.25, 0.3) is 0 Å². The van der Waals surface area contributed by atoms with Gasteiger partial charge in [0.05, 0.1) is 13.2 Å². The molecular weight excluding hydrogens is 436 g/mol. The number of hydrogen-bond donors (Lipinski definition) is 3. The van der Waals surface area contributed by atoms with E-state index in [0.29, 0.717) is 5.56 Å². The van der Waals surface area contributed by atoms with Gasteiger partial charge in [-0.1, -0.05) is 24.0 Å². The van der Waals surface area contributed by atoms with Crippen LogP contribution in [0.15, 0.2) is 48.5 Å². The molecule has 1 aliphatic heterocycles. The standard InChI is InChI=1S/C25H28N4O5/c1-26-23(30)22(24(31)27-33)28(2)25(32)21-10-8-18(9-11-21)6-7-19-4-3-5-20(16-19)17-29-12-14-34-15-13-29/h3-5,8-11,16,22,33H,12-15,17H2,1-2H3,(H,26,30)(H,27,31). The molecule has 0 saturated carbocycles. The number of likely N-dealkylation sites (N-methyl/N-ethyl adjacent to an activating group) is 2. The second-order valence-corrected chi connectivity index (χ2v) is 7.83. The highest BCUT2D eigenvalue weighted by Crippen LogP contribution is 2.12. The highest BCUT2D eigenvalue weighted by molar-refractivity contribution is 6.08. The van der Waals surface area contributed by atoms with Crippen molar-refractivity contribution in [1.82, 2.24) is 20.6 Å². The minimum Gasteiger partial charge on any atom is -0.379 e. The Morgan fingerprint density at radius 2 is 1.74 bits per heavy atom. The number of ether oxygens (including phenoxy) is 1. The van der Waals surface area contributed by atoms with Gasteiger partial charge < -0.3 is 15.0 Å². The molecule has 3 rings (SSSR count). The van der Waals surface area contributed by atoms with E-state index in [2.05, 4.69) is 34.2 Å². The molecule has 34 heavy (non-hydrogen) atoms. The Kier molecular flexibility index (Phi) is 8.76. The zero-order valence-corrected chi connectivity index (χ0v) is 19.2. The van der Waals surface area contributed by atoms with Crippen molar-refractivity contribution in [2.24, 2.45) is 0 Å². The van der Waals surface area contributed by atoms with E-state index in [1.165, 1.54) is 25.1 Å². The average molecular weight is 465 g/mol. The molecule has 1 saturated heterocycles. The maximum Gasteiger partial charge on any atom is 0.275 e. The minimum atomic E-state index is -1.51. The van der Waals surface area contributed by atoms with Gasteiger partial charge in [0.25, 0.3) is 17.7 Å². The molecule has 0 radical (unpaired) electrons. The first kappa shape index (κ1) is 24.9. The topological polar surface area (TPSA) is 111 Å². The van der Waals surface area contributed by atoms with Gasteiger partial charge in [-0.25, -0.2) is 5.48 Å². The normalized spacial score (nSPS) is 14.3. The van der Waals surface area contributed by atoms with Crippen LogP contribution >= 0.6 is 0 Å². The van der Waals surface area contributed by atoms with E-state index < -0.39 is 23.8 Å². The predicted octanol–water partition coefficient (Wildman–Crippen LogP) is 0.611. The summed E-state index contributed by atoms with van der Waals surface area (Å²) in [5.74, 6) is 3.97. The van der Waals surface area contributed by atoms with Gasteiger partial charge in [0.2, 0.25) is 0 Å². The molecule has 1 fully saturated rings. The molecule has 1 aliphatic rings. The van der Waals surface area contributed by atoms with Crippen molar-refractivity contribution in [2.45, 2.75) is 12.6 Å². The van der Waals surface area contributed by atoms with Crippen LogP contribution in [0.3, 0.4) is 0 Å². The third-order valence-corrected chi connectivity index (χ3v) is 5.48. The van der Waals surface area contributed by atoms with Crippen molar-refractivity contribution in [3.8, 4) is 11.8 Å². The summed E-state index contributed by atoms with van der Waals surface area (Å²) in [6, 6.07) is 13.1. The monoisotopic (exact) mass is 464 g/mol. The van der Waals surface area contributed by atoms with Crippen LogP contribution in [0.2, 0.25) is 0 Å². The zero-order valence-electron chi connectivity index (χ0n) is 19.2. The number of hydrogen-bond acceptors (Lipinski definition) is 6. The molecule has 1 unspecified atom stereocenters. The second kappa shape index (κ2) is 12.0. The van der Waals surface area contributed by atoms with Crippen LogP contribution in [-0.2, 0) is 20.9 Å². The number of carbonyl (C=O) groups excluding carboxylic acids is 3. The Morgan fingerprint density at radius 3 is 2.38 bits per heavy atom. The van der Waals surface area contributed by atoms with E-state index in [1.807, 2.05) is 12.1 Å². The molecule has 178 valence electrons. The van der Waals surface area contributed by atoms with Crippen molar-refractivity contribution < 1.29 is 24.3 Å². The SMILES string of the molecule is CNC(=O)C(C(=O)NO)N(C)C(=O)c1ccc(C#Cc2cccc(CN3CCOCC3)c2)cc1. The number of hydroxylamine groups is 1. The van der Waals surface area contributed by atoms with Crippen molar-refractivity contribution in [2.75, 3.05) is 40.4 Å². The molecule has 9 heteroatoms. The van der Waals surface area contributed by atoms with Crippen molar-refractivity contribution in [3.63, 3.8) is 0 Å². The van der Waals surface area contributed by atoms with E-state index in [0.717, 1.165) is 43.3 Å². The number of amides is 3. The number of nitrogens with one attached hydrogen (secondary N) is 2. The molecule has 0 aromatic heterocycles. The third-order valence-electron chi connectivity index (χ3n) is 5.48. The summed E-state index contributed by atoms with van der Waals surface area (Å²) in [6.45, 7) is 4.22. The third kappa shape index (κ3) is 6.42. The Labute approximate surface area is 198 Å². The lowest BCUT2D eigenvalue weighted by Crippen LogP contribution is -2.54. The Morgan fingerprint density at radius 1 is 1.06 bits per heavy atom. The van der Waals surface area contributed by atoms with E-state index in [4.69, 9.17) is 9.94 Å². The summed E-state index contributed by atoms with van der Waals surface area (Å²) in [6.07, 6.45) is 0. The number of nitrogens with zero attached hydrogens (tertiary/aromatic N) is 2. The lowest BCUT2D eigenvalue weighted by molar-refractivity contribution is -0.140. The fourth-order valence-electron chi connectivity index (χ4n) is 3.59. The van der Waals surface area contributed by atoms with E-state index in [-0.39, 0.29) is 5.56 Å². The molecule has 1 atom stereocenters. The van der Waals surface area contributed by atoms with Crippen molar-refractivity contribution in [3.05, 3.63) is 70.8 Å². The van der Waals surface area contributed by atoms with Crippen LogP contribution in [0.4, 0.5) is 0 Å². The lowest BCUT2D eigenvalue weighted by atomic mass is 10.1. The van der Waals surface area contributed by atoms with Gasteiger partial charge in [-0.05, 0) is 42.0 Å². The number of morpholine rings is 1. The highest BCUT2D eigenvalue weighted by atomic mass is 16.5. The lowest BCUT2D eigenvalue weighted by Gasteiger charge is -2.26. The second-order valence-electron chi connectivity index (χ2n) is 7.83. The van der Waals surface area contributed by atoms with Crippen molar-refractivity contribution >= 4 is 17.7 Å². The van der Waals surface area contributed by atoms with E-state index >= 15 is 0 Å². The number of benzene rings is 2. The van der Waals surface area contributed by atoms with Crippen LogP contribution in [0, 0.1) is 11.8 Å². The Bertz CT molecular complexity index is 1070. The van der Waals surface area contributed by atoms with Crippen LogP contribution in [0.5, 0.6) is 0 Å². The maximum absolute atomic E-state index is 12.8. The van der Waals surface area contributed by atoms with Crippen LogP contribution < -0.4 is 10.8 Å². The summed E-state index contributed by atoms with van der Waals surface area (Å²) in [4.78, 5) is 39.9. The summed E-state index contributed by atoms with van der Waals surface area (Å²) in [7, 11) is 2.65. The van der Waals surface area contributed by atoms with Gasteiger partial charge in [0.1, 0.15) is 0 Å². The molecule has 0 bridgehead atoms. The summed E-state index contributed by atoms with van der Waals surface area (Å²) < 4.78 is 5.39. The molecule has 3 N–H and O–H groups in total. The fraction of sp³-hybridized carbons (Fsp3) is 0.320. The molecular formula is C25H28N4O5. The zero-order chi connectivity index (χ0) is 24.5. The first-order chi connectivity index (χ1) is 16.4. The van der Waals surface area contributed by atoms with Gasteiger partial charge >= 0.3 is 0 Å². The largest absolute Gasteiger partial charge is 0.379 e. The quantitative estimate of drug-likeness (QED) is 0.250. The first-order valence-electron chi connectivity index (χ1n) is 10.9. The van der Waals surface area contributed by atoms with Gasteiger partial charge in [-0.15, -0.1) is 0 Å². The summed E-state index contributed by atoms with van der Waals surface area (Å²) in [5, 5.41) is 11.2. The molecule has 0 aliphatic carbocycles. The molecule has 3 amide bonds. The van der Waals surface area contributed by atoms with Crippen molar-refractivity contribution in [1.29, 1.82) is 0 Å². The summed E-state index contributed by atoms with van der Waals surface area (Å²) >= 11 is 0. The number of rotatable bonds is 6. The van der Waals surface area contributed by atoms with E-state index in [9.17, 15) is 14.4 Å². The predicted molar refractivity (Wildman–Crippen MR) is 125 cm³/mol. The van der Waals surface area contributed by atoms with Gasteiger partial charge in [-0.3, -0.25) is 24.5 Å². The Hall–Kier alpha value is -3.71. The molecule has 2 aromatic carbocycles. The number of carbonyl (C=O) groups is 3. The van der Waals surface area contributed by atoms with Gasteiger partial charge in [0, 0.05) is 50.4 Å². The smallest absolute Gasteiger partial charge is 0.275 e. The summed E-state index contributed by atoms with van der Waals surface area (Å²) in [5.41, 5.74) is 4.50. The van der Waals surface area contributed by atoms with Gasteiger partial charge in [-0.2, -0.15) is 0 Å². The molecule has 0 spiro atoms. The van der Waals surface area contributed by atoms with Crippen LogP contribution in [0.1, 0.15) is 27.0 Å². The van der Waals surface area contributed by atoms with Gasteiger partial charge in [0.15, 0.2) is 6.04 Å². The van der Waals surface area contributed by atoms with Crippen LogP contribution in [-0.4, -0.2) is 79.2 Å². The molecule has 2 aromatic rings. The van der Waals surface area contributed by atoms with E-state index in [1.54, 1.807) is 24.3 Å². The minimum absolute atomic E-state index is 0.278. The maximum atomic E-state index is 12.8. The first-order valence-corrected chi connectivity index (χ1v) is 10.9. The molecule has 9 nitrogen and oxygen atoms in total. The Balaban J connectivity index is 1.68. The highest BCUT2D eigenvalue weighted by Gasteiger charge is 2.33.